The Labute approximate surface area is 150 Å². The number of rotatable bonds is 8. The van der Waals surface area contributed by atoms with Crippen LogP contribution in [0.15, 0.2) is 41.1 Å². The van der Waals surface area contributed by atoms with E-state index in [0.717, 1.165) is 5.56 Å². The van der Waals surface area contributed by atoms with Crippen molar-refractivity contribution in [2.75, 3.05) is 0 Å². The third kappa shape index (κ3) is 4.51. The molecule has 0 saturated carbocycles. The topological polar surface area (TPSA) is 68.8 Å². The highest BCUT2D eigenvalue weighted by molar-refractivity contribution is 5.54. The molecular formula is C18H21F2N5O. The number of halogens is 2. The highest BCUT2D eigenvalue weighted by atomic mass is 19.3. The van der Waals surface area contributed by atoms with Crippen LogP contribution in [-0.4, -0.2) is 26.3 Å². The molecule has 0 spiro atoms. The molecule has 0 aliphatic carbocycles. The monoisotopic (exact) mass is 361 g/mol. The number of hydrogen-bond donors (Lipinski definition) is 1. The van der Waals surface area contributed by atoms with E-state index in [1.54, 1.807) is 6.07 Å². The van der Waals surface area contributed by atoms with Crippen LogP contribution >= 0.6 is 0 Å². The van der Waals surface area contributed by atoms with Crippen LogP contribution in [-0.2, 0) is 19.6 Å². The van der Waals surface area contributed by atoms with Crippen molar-refractivity contribution < 1.29 is 13.3 Å². The van der Waals surface area contributed by atoms with Gasteiger partial charge in [-0.15, -0.1) is 0 Å². The molecule has 26 heavy (non-hydrogen) atoms. The fraction of sp³-hybridized carbons (Fsp3) is 0.389. The molecule has 0 aliphatic heterocycles. The first-order valence-electron chi connectivity index (χ1n) is 8.45. The summed E-state index contributed by atoms with van der Waals surface area (Å²) in [6.45, 7) is 4.59. The molecule has 0 amide bonds. The molecule has 0 fully saturated rings. The fourth-order valence-electron chi connectivity index (χ4n) is 2.56. The first-order chi connectivity index (χ1) is 12.5. The number of aromatic nitrogens is 4. The lowest BCUT2D eigenvalue weighted by atomic mass is 10.0. The lowest BCUT2D eigenvalue weighted by molar-refractivity contribution is 0.120. The molecule has 3 aromatic rings. The van der Waals surface area contributed by atoms with Gasteiger partial charge in [0.25, 0.3) is 6.43 Å². The van der Waals surface area contributed by atoms with Crippen molar-refractivity contribution in [3.05, 3.63) is 53.7 Å². The van der Waals surface area contributed by atoms with Gasteiger partial charge in [-0.25, -0.2) is 8.78 Å². The molecule has 2 heterocycles. The smallest absolute Gasteiger partial charge is 0.257 e. The van der Waals surface area contributed by atoms with Gasteiger partial charge in [0.15, 0.2) is 0 Å². The van der Waals surface area contributed by atoms with E-state index < -0.39 is 13.0 Å². The van der Waals surface area contributed by atoms with Crippen molar-refractivity contribution in [2.24, 2.45) is 0 Å². The van der Waals surface area contributed by atoms with Crippen LogP contribution in [0.4, 0.5) is 8.78 Å². The van der Waals surface area contributed by atoms with Crippen molar-refractivity contribution in [3.63, 3.8) is 0 Å². The second-order valence-electron chi connectivity index (χ2n) is 6.29. The van der Waals surface area contributed by atoms with Gasteiger partial charge in [0.05, 0.1) is 12.2 Å². The van der Waals surface area contributed by atoms with Crippen LogP contribution in [0.3, 0.4) is 0 Å². The van der Waals surface area contributed by atoms with Crippen LogP contribution in [0, 0.1) is 0 Å². The molecule has 0 unspecified atom stereocenters. The Morgan fingerprint density at radius 1 is 1.12 bits per heavy atom. The number of benzene rings is 1. The lowest BCUT2D eigenvalue weighted by Gasteiger charge is -2.06. The molecule has 1 aromatic carbocycles. The zero-order chi connectivity index (χ0) is 18.5. The van der Waals surface area contributed by atoms with Crippen LogP contribution in [0.25, 0.3) is 11.4 Å². The molecule has 3 rings (SSSR count). The largest absolute Gasteiger partial charge is 0.338 e. The molecule has 0 bridgehead atoms. The number of hydrogen-bond acceptors (Lipinski definition) is 5. The summed E-state index contributed by atoms with van der Waals surface area (Å²) in [4.78, 5) is 4.36. The summed E-state index contributed by atoms with van der Waals surface area (Å²) in [6.07, 6.45) is -0.931. The van der Waals surface area contributed by atoms with E-state index in [2.05, 4.69) is 46.5 Å². The normalized spacial score (nSPS) is 11.6. The van der Waals surface area contributed by atoms with E-state index in [0.29, 0.717) is 36.4 Å². The van der Waals surface area contributed by atoms with Gasteiger partial charge in [-0.2, -0.15) is 10.1 Å². The second kappa shape index (κ2) is 8.18. The molecule has 2 aromatic heterocycles. The summed E-state index contributed by atoms with van der Waals surface area (Å²) in [5.41, 5.74) is 2.81. The predicted molar refractivity (Wildman–Crippen MR) is 92.6 cm³/mol. The zero-order valence-electron chi connectivity index (χ0n) is 14.7. The third-order valence-electron chi connectivity index (χ3n) is 4.00. The average molecular weight is 361 g/mol. The SMILES string of the molecule is CC(C)c1ccc(-c2noc(CNCc3ccnn3CC(F)F)n2)cc1. The second-order valence-corrected chi connectivity index (χ2v) is 6.29. The first kappa shape index (κ1) is 18.2. The Hall–Kier alpha value is -2.61. The van der Waals surface area contributed by atoms with Crippen LogP contribution < -0.4 is 5.32 Å². The molecule has 0 atom stereocenters. The summed E-state index contributed by atoms with van der Waals surface area (Å²) < 4.78 is 31.5. The molecule has 8 heteroatoms. The van der Waals surface area contributed by atoms with E-state index in [4.69, 9.17) is 4.52 Å². The summed E-state index contributed by atoms with van der Waals surface area (Å²) in [7, 11) is 0. The molecule has 138 valence electrons. The van der Waals surface area contributed by atoms with E-state index in [-0.39, 0.29) is 0 Å². The summed E-state index contributed by atoms with van der Waals surface area (Å²) in [5, 5.41) is 11.0. The Kier molecular flexibility index (Phi) is 5.72. The third-order valence-corrected chi connectivity index (χ3v) is 4.00. The molecule has 0 radical (unpaired) electrons. The maximum Gasteiger partial charge on any atom is 0.257 e. The number of alkyl halides is 2. The molecule has 6 nitrogen and oxygen atoms in total. The van der Waals surface area contributed by atoms with Crippen molar-refractivity contribution in [1.82, 2.24) is 25.2 Å². The Bertz CT molecular complexity index is 826. The summed E-state index contributed by atoms with van der Waals surface area (Å²) >= 11 is 0. The molecular weight excluding hydrogens is 340 g/mol. The Morgan fingerprint density at radius 2 is 1.88 bits per heavy atom. The number of nitrogens with zero attached hydrogens (tertiary/aromatic N) is 4. The fourth-order valence-corrected chi connectivity index (χ4v) is 2.56. The minimum Gasteiger partial charge on any atom is -0.338 e. The van der Waals surface area contributed by atoms with Crippen molar-refractivity contribution in [2.45, 2.75) is 45.8 Å². The first-order valence-corrected chi connectivity index (χ1v) is 8.45. The van der Waals surface area contributed by atoms with Gasteiger partial charge >= 0.3 is 0 Å². The minimum absolute atomic E-state index is 0.344. The van der Waals surface area contributed by atoms with Crippen molar-refractivity contribution in [3.8, 4) is 11.4 Å². The van der Waals surface area contributed by atoms with Gasteiger partial charge in [-0.3, -0.25) is 4.68 Å². The van der Waals surface area contributed by atoms with Gasteiger partial charge in [0, 0.05) is 18.3 Å². The Morgan fingerprint density at radius 3 is 2.58 bits per heavy atom. The van der Waals surface area contributed by atoms with E-state index in [9.17, 15) is 8.78 Å². The molecule has 0 saturated heterocycles. The van der Waals surface area contributed by atoms with E-state index >= 15 is 0 Å². The van der Waals surface area contributed by atoms with Crippen molar-refractivity contribution in [1.29, 1.82) is 0 Å². The highest BCUT2D eigenvalue weighted by Crippen LogP contribution is 2.20. The number of nitrogens with one attached hydrogen (secondary N) is 1. The molecule has 1 N–H and O–H groups in total. The van der Waals surface area contributed by atoms with Gasteiger partial charge in [0.2, 0.25) is 11.7 Å². The molecule has 0 aliphatic rings. The van der Waals surface area contributed by atoms with Crippen LogP contribution in [0.1, 0.15) is 36.9 Å². The quantitative estimate of drug-likeness (QED) is 0.664. The lowest BCUT2D eigenvalue weighted by Crippen LogP contribution is -2.18. The zero-order valence-corrected chi connectivity index (χ0v) is 14.7. The summed E-state index contributed by atoms with van der Waals surface area (Å²) in [6, 6.07) is 9.75. The maximum atomic E-state index is 12.5. The Balaban J connectivity index is 1.56. The van der Waals surface area contributed by atoms with E-state index in [1.165, 1.54) is 16.4 Å². The van der Waals surface area contributed by atoms with E-state index in [1.807, 2.05) is 12.1 Å². The van der Waals surface area contributed by atoms with Crippen LogP contribution in [0.2, 0.25) is 0 Å². The van der Waals surface area contributed by atoms with Gasteiger partial charge in [0.1, 0.15) is 6.54 Å². The average Bonchev–Trinajstić information content (AvgIpc) is 3.24. The maximum absolute atomic E-state index is 12.5. The standard InChI is InChI=1S/C18H21F2N5O/c1-12(2)13-3-5-14(6-4-13)18-23-17(26-24-18)10-21-9-15-7-8-22-25(15)11-16(19)20/h3-8,12,16,21H,9-11H2,1-2H3. The highest BCUT2D eigenvalue weighted by Gasteiger charge is 2.11. The van der Waals surface area contributed by atoms with Gasteiger partial charge in [-0.05, 0) is 17.5 Å². The van der Waals surface area contributed by atoms with Crippen LogP contribution in [0.5, 0.6) is 0 Å². The predicted octanol–water partition coefficient (Wildman–Crippen LogP) is 3.61. The van der Waals surface area contributed by atoms with Gasteiger partial charge in [-0.1, -0.05) is 43.3 Å². The minimum atomic E-state index is -2.44. The van der Waals surface area contributed by atoms with Crippen molar-refractivity contribution >= 4 is 0 Å². The van der Waals surface area contributed by atoms with Gasteiger partial charge < -0.3 is 9.84 Å². The summed E-state index contributed by atoms with van der Waals surface area (Å²) in [5.74, 6) is 1.43.